The van der Waals surface area contributed by atoms with Crippen LogP contribution in [0.5, 0.6) is 0 Å². The van der Waals surface area contributed by atoms with E-state index in [-0.39, 0.29) is 28.2 Å². The molecule has 0 spiro atoms. The maximum atomic E-state index is 13.2. The summed E-state index contributed by atoms with van der Waals surface area (Å²) in [5.41, 5.74) is 0.152. The van der Waals surface area contributed by atoms with Gasteiger partial charge in [0.1, 0.15) is 5.54 Å². The van der Waals surface area contributed by atoms with Crippen LogP contribution in [0.2, 0.25) is 5.02 Å². The SMILES string of the molecule is N#CC1(NC(=O)[C@@H]2CC[C@@H](S(=O)(=O)c3ccc(N4CCOCC4)cc3Cl)C2)CC1. The molecule has 2 atom stereocenters. The Morgan fingerprint density at radius 2 is 2.00 bits per heavy atom. The summed E-state index contributed by atoms with van der Waals surface area (Å²) in [6, 6.07) is 7.19. The highest BCUT2D eigenvalue weighted by Crippen LogP contribution is 2.39. The number of morpholine rings is 1. The van der Waals surface area contributed by atoms with Crippen molar-refractivity contribution in [3.05, 3.63) is 23.2 Å². The van der Waals surface area contributed by atoms with Gasteiger partial charge in [-0.2, -0.15) is 5.26 Å². The van der Waals surface area contributed by atoms with Crippen molar-refractivity contribution in [1.82, 2.24) is 5.32 Å². The van der Waals surface area contributed by atoms with Crippen molar-refractivity contribution in [1.29, 1.82) is 5.26 Å². The van der Waals surface area contributed by atoms with E-state index in [1.807, 2.05) is 0 Å². The average Bonchev–Trinajstić information content (AvgIpc) is 3.30. The van der Waals surface area contributed by atoms with E-state index in [1.54, 1.807) is 18.2 Å². The predicted octanol–water partition coefficient (Wildman–Crippen LogP) is 2.29. The summed E-state index contributed by atoms with van der Waals surface area (Å²) in [6.45, 7) is 2.75. The summed E-state index contributed by atoms with van der Waals surface area (Å²) in [7, 11) is -3.64. The number of carbonyl (C=O) groups excluding carboxylic acids is 1. The Balaban J connectivity index is 1.46. The number of carbonyl (C=O) groups is 1. The normalized spacial score (nSPS) is 26.0. The van der Waals surface area contributed by atoms with Gasteiger partial charge in [-0.05, 0) is 50.3 Å². The number of hydrogen-bond acceptors (Lipinski definition) is 6. The number of sulfone groups is 1. The highest BCUT2D eigenvalue weighted by molar-refractivity contribution is 7.92. The zero-order valence-corrected chi connectivity index (χ0v) is 17.6. The summed E-state index contributed by atoms with van der Waals surface area (Å²) >= 11 is 6.37. The maximum absolute atomic E-state index is 13.2. The van der Waals surface area contributed by atoms with Crippen LogP contribution in [0.1, 0.15) is 32.1 Å². The van der Waals surface area contributed by atoms with Gasteiger partial charge in [0.25, 0.3) is 0 Å². The molecule has 7 nitrogen and oxygen atoms in total. The second kappa shape index (κ2) is 7.78. The van der Waals surface area contributed by atoms with E-state index in [9.17, 15) is 13.2 Å². The number of anilines is 1. The number of rotatable bonds is 5. The van der Waals surface area contributed by atoms with Crippen molar-refractivity contribution < 1.29 is 17.9 Å². The Morgan fingerprint density at radius 1 is 1.28 bits per heavy atom. The molecule has 3 aliphatic rings. The van der Waals surface area contributed by atoms with Crippen LogP contribution in [0.25, 0.3) is 0 Å². The molecule has 1 saturated heterocycles. The quantitative estimate of drug-likeness (QED) is 0.758. The van der Waals surface area contributed by atoms with Gasteiger partial charge in [-0.3, -0.25) is 4.79 Å². The lowest BCUT2D eigenvalue weighted by molar-refractivity contribution is -0.125. The molecule has 1 N–H and O–H groups in total. The molecule has 1 heterocycles. The van der Waals surface area contributed by atoms with E-state index in [1.165, 1.54) is 0 Å². The second-order valence-electron chi connectivity index (χ2n) is 8.07. The van der Waals surface area contributed by atoms with Crippen molar-refractivity contribution in [3.8, 4) is 6.07 Å². The maximum Gasteiger partial charge on any atom is 0.224 e. The zero-order valence-electron chi connectivity index (χ0n) is 16.1. The molecular weight excluding hydrogens is 414 g/mol. The van der Waals surface area contributed by atoms with Crippen LogP contribution in [0.15, 0.2) is 23.1 Å². The summed E-state index contributed by atoms with van der Waals surface area (Å²) in [5.74, 6) is -0.595. The fourth-order valence-corrected chi connectivity index (χ4v) is 6.48. The molecule has 156 valence electrons. The number of hydrogen-bond donors (Lipinski definition) is 1. The molecule has 9 heteroatoms. The Bertz CT molecular complexity index is 949. The molecule has 0 aromatic heterocycles. The van der Waals surface area contributed by atoms with E-state index in [4.69, 9.17) is 21.6 Å². The third kappa shape index (κ3) is 4.09. The fraction of sp³-hybridized carbons (Fsp3) is 0.600. The van der Waals surface area contributed by atoms with Gasteiger partial charge in [-0.1, -0.05) is 11.6 Å². The standard InChI is InChI=1S/C20H24ClN3O4S/c21-17-12-15(24-7-9-28-10-8-24)2-4-18(17)29(26,27)16-3-1-14(11-16)19(25)23-20(13-22)5-6-20/h2,4,12,14,16H,1,3,5-11H2,(H,23,25)/t14-,16-/m1/s1. The zero-order chi connectivity index (χ0) is 20.6. The first-order valence-corrected chi connectivity index (χ1v) is 11.9. The largest absolute Gasteiger partial charge is 0.378 e. The number of nitrogens with one attached hydrogen (secondary N) is 1. The first-order chi connectivity index (χ1) is 13.8. The molecule has 1 aromatic rings. The van der Waals surface area contributed by atoms with Crippen molar-refractivity contribution in [2.24, 2.45) is 5.92 Å². The molecule has 1 aromatic carbocycles. The molecule has 2 saturated carbocycles. The summed E-state index contributed by atoms with van der Waals surface area (Å²) in [5, 5.41) is 11.5. The number of nitrogens with zero attached hydrogens (tertiary/aromatic N) is 2. The van der Waals surface area contributed by atoms with Crippen LogP contribution >= 0.6 is 11.6 Å². The van der Waals surface area contributed by atoms with Crippen molar-refractivity contribution in [2.75, 3.05) is 31.2 Å². The summed E-state index contributed by atoms with van der Waals surface area (Å²) in [6.07, 6.45) is 2.50. The molecule has 1 aliphatic heterocycles. The van der Waals surface area contributed by atoms with Crippen LogP contribution in [0, 0.1) is 17.2 Å². The van der Waals surface area contributed by atoms with Gasteiger partial charge in [-0.25, -0.2) is 8.42 Å². The molecular formula is C20H24ClN3O4S. The number of benzene rings is 1. The molecule has 2 aliphatic carbocycles. The molecule has 0 bridgehead atoms. The predicted molar refractivity (Wildman–Crippen MR) is 109 cm³/mol. The minimum absolute atomic E-state index is 0.123. The van der Waals surface area contributed by atoms with Crippen LogP contribution in [0.3, 0.4) is 0 Å². The minimum atomic E-state index is -3.64. The van der Waals surface area contributed by atoms with Gasteiger partial charge in [-0.15, -0.1) is 0 Å². The Morgan fingerprint density at radius 3 is 2.62 bits per heavy atom. The highest BCUT2D eigenvalue weighted by Gasteiger charge is 2.47. The van der Waals surface area contributed by atoms with E-state index in [2.05, 4.69) is 16.3 Å². The number of nitriles is 1. The molecule has 3 fully saturated rings. The van der Waals surface area contributed by atoms with E-state index in [0.717, 1.165) is 18.8 Å². The van der Waals surface area contributed by atoms with E-state index < -0.39 is 20.6 Å². The highest BCUT2D eigenvalue weighted by atomic mass is 35.5. The second-order valence-corrected chi connectivity index (χ2v) is 10.7. The first kappa shape index (κ1) is 20.5. The Labute approximate surface area is 175 Å². The van der Waals surface area contributed by atoms with Crippen LogP contribution < -0.4 is 10.2 Å². The lowest BCUT2D eigenvalue weighted by atomic mass is 10.1. The lowest BCUT2D eigenvalue weighted by Gasteiger charge is -2.29. The minimum Gasteiger partial charge on any atom is -0.378 e. The molecule has 0 radical (unpaired) electrons. The van der Waals surface area contributed by atoms with Gasteiger partial charge in [0.2, 0.25) is 5.91 Å². The molecule has 0 unspecified atom stereocenters. The van der Waals surface area contributed by atoms with Crippen molar-refractivity contribution >= 4 is 33.0 Å². The number of halogens is 1. The van der Waals surface area contributed by atoms with Gasteiger partial charge in [0.05, 0.1) is 34.5 Å². The summed E-state index contributed by atoms with van der Waals surface area (Å²) in [4.78, 5) is 14.7. The average molecular weight is 438 g/mol. The fourth-order valence-electron chi connectivity index (χ4n) is 4.11. The van der Waals surface area contributed by atoms with E-state index >= 15 is 0 Å². The van der Waals surface area contributed by atoms with Gasteiger partial charge in [0, 0.05) is 24.7 Å². The van der Waals surface area contributed by atoms with Crippen LogP contribution in [-0.4, -0.2) is 51.4 Å². The summed E-state index contributed by atoms with van der Waals surface area (Å²) < 4.78 is 31.7. The topological polar surface area (TPSA) is 99.5 Å². The molecule has 1 amide bonds. The molecule has 4 rings (SSSR count). The number of amides is 1. The Hall–Kier alpha value is -1.82. The van der Waals surface area contributed by atoms with Crippen LogP contribution in [0.4, 0.5) is 5.69 Å². The van der Waals surface area contributed by atoms with Crippen LogP contribution in [-0.2, 0) is 19.4 Å². The van der Waals surface area contributed by atoms with Gasteiger partial charge < -0.3 is 15.0 Å². The monoisotopic (exact) mass is 437 g/mol. The number of ether oxygens (including phenoxy) is 1. The first-order valence-electron chi connectivity index (χ1n) is 9.94. The van der Waals surface area contributed by atoms with Crippen molar-refractivity contribution in [2.45, 2.75) is 47.8 Å². The third-order valence-electron chi connectivity index (χ3n) is 6.12. The van der Waals surface area contributed by atoms with Gasteiger partial charge >= 0.3 is 0 Å². The van der Waals surface area contributed by atoms with E-state index in [0.29, 0.717) is 38.9 Å². The Kier molecular flexibility index (Phi) is 5.49. The smallest absolute Gasteiger partial charge is 0.224 e. The third-order valence-corrected chi connectivity index (χ3v) is 8.82. The lowest BCUT2D eigenvalue weighted by Crippen LogP contribution is -2.39. The van der Waals surface area contributed by atoms with Gasteiger partial charge in [0.15, 0.2) is 9.84 Å². The van der Waals surface area contributed by atoms with Crippen molar-refractivity contribution in [3.63, 3.8) is 0 Å². The molecule has 29 heavy (non-hydrogen) atoms.